The first kappa shape index (κ1) is 18.2. The number of piperidine rings is 1. The second-order valence-corrected chi connectivity index (χ2v) is 7.94. The molecule has 2 aromatic rings. The van der Waals surface area contributed by atoms with Gasteiger partial charge in [0, 0.05) is 38.1 Å². The third-order valence-electron chi connectivity index (χ3n) is 6.06. The topological polar surface area (TPSA) is 70.4 Å². The van der Waals surface area contributed by atoms with Crippen LogP contribution in [0, 0.1) is 0 Å². The molecule has 2 fully saturated rings. The lowest BCUT2D eigenvalue weighted by Crippen LogP contribution is -2.53. The third-order valence-corrected chi connectivity index (χ3v) is 6.06. The van der Waals surface area contributed by atoms with Gasteiger partial charge in [-0.3, -0.25) is 9.69 Å². The fourth-order valence-electron chi connectivity index (χ4n) is 4.78. The van der Waals surface area contributed by atoms with E-state index in [9.17, 15) is 9.90 Å². The number of hydrogen-bond acceptors (Lipinski definition) is 4. The Balaban J connectivity index is 1.32. The molecule has 3 atom stereocenters. The summed E-state index contributed by atoms with van der Waals surface area (Å²) < 4.78 is 1.91. The summed E-state index contributed by atoms with van der Waals surface area (Å²) in [6.45, 7) is 1.07. The van der Waals surface area contributed by atoms with E-state index in [-0.39, 0.29) is 18.0 Å². The summed E-state index contributed by atoms with van der Waals surface area (Å²) in [6.07, 6.45) is 7.82. The molecule has 3 heterocycles. The number of hydrogen-bond donors (Lipinski definition) is 2. The van der Waals surface area contributed by atoms with E-state index in [2.05, 4.69) is 27.3 Å². The fraction of sp³-hybridized carbons (Fsp3) is 0.524. The Hall–Kier alpha value is -2.18. The maximum Gasteiger partial charge on any atom is 0.234 e. The van der Waals surface area contributed by atoms with Crippen LogP contribution < -0.4 is 5.32 Å². The van der Waals surface area contributed by atoms with E-state index in [4.69, 9.17) is 0 Å². The number of aryl methyl sites for hydroxylation is 1. The highest BCUT2D eigenvalue weighted by molar-refractivity contribution is 5.78. The molecule has 6 nitrogen and oxygen atoms in total. The van der Waals surface area contributed by atoms with Crippen molar-refractivity contribution < 1.29 is 9.90 Å². The number of imidazole rings is 1. The predicted molar refractivity (Wildman–Crippen MR) is 103 cm³/mol. The summed E-state index contributed by atoms with van der Waals surface area (Å²) in [5.74, 6) is 0.816. The third kappa shape index (κ3) is 3.77. The standard InChI is InChI=1S/C21H28N4O2/c1-24-12-11-23-20(24)21(27)13-17-7-8-18(14-21)25(17)15-19(26)22-10-9-16-5-3-2-4-6-16/h2-6,11-12,17-18,27H,7-10,13-15H2,1H3,(H,22,26)/t17-,18+,21?. The van der Waals surface area contributed by atoms with E-state index in [1.807, 2.05) is 36.0 Å². The summed E-state index contributed by atoms with van der Waals surface area (Å²) in [7, 11) is 1.93. The lowest BCUT2D eigenvalue weighted by molar-refractivity contribution is -0.126. The van der Waals surface area contributed by atoms with Gasteiger partial charge >= 0.3 is 0 Å². The summed E-state index contributed by atoms with van der Waals surface area (Å²) in [5.41, 5.74) is 0.348. The molecule has 6 heteroatoms. The number of benzene rings is 1. The molecule has 144 valence electrons. The first-order valence-electron chi connectivity index (χ1n) is 9.82. The van der Waals surface area contributed by atoms with Gasteiger partial charge in [-0.15, -0.1) is 0 Å². The van der Waals surface area contributed by atoms with Gasteiger partial charge in [-0.25, -0.2) is 4.98 Å². The average Bonchev–Trinajstić information content (AvgIpc) is 3.18. The molecule has 1 amide bonds. The minimum atomic E-state index is -0.885. The number of rotatable bonds is 6. The van der Waals surface area contributed by atoms with Crippen molar-refractivity contribution in [1.29, 1.82) is 0 Å². The Morgan fingerprint density at radius 2 is 1.96 bits per heavy atom. The first-order chi connectivity index (χ1) is 13.0. The van der Waals surface area contributed by atoms with Crippen molar-refractivity contribution in [2.75, 3.05) is 13.1 Å². The average molecular weight is 368 g/mol. The van der Waals surface area contributed by atoms with Gasteiger partial charge in [0.2, 0.25) is 5.91 Å². The quantitative estimate of drug-likeness (QED) is 0.812. The Morgan fingerprint density at radius 3 is 2.59 bits per heavy atom. The molecule has 1 aromatic carbocycles. The molecule has 2 saturated heterocycles. The van der Waals surface area contributed by atoms with Gasteiger partial charge in [-0.05, 0) is 37.7 Å². The normalized spacial score (nSPS) is 27.6. The summed E-state index contributed by atoms with van der Waals surface area (Å²) >= 11 is 0. The molecule has 0 radical (unpaired) electrons. The number of nitrogens with zero attached hydrogens (tertiary/aromatic N) is 3. The number of amides is 1. The largest absolute Gasteiger partial charge is 0.382 e. The van der Waals surface area contributed by atoms with Crippen LogP contribution in [0.3, 0.4) is 0 Å². The van der Waals surface area contributed by atoms with E-state index in [0.29, 0.717) is 25.9 Å². The molecule has 2 aliphatic heterocycles. The Labute approximate surface area is 160 Å². The zero-order valence-electron chi connectivity index (χ0n) is 15.8. The minimum Gasteiger partial charge on any atom is -0.382 e. The lowest BCUT2D eigenvalue weighted by atomic mass is 9.85. The molecule has 1 aromatic heterocycles. The predicted octanol–water partition coefficient (Wildman–Crippen LogP) is 1.59. The molecular weight excluding hydrogens is 340 g/mol. The van der Waals surface area contributed by atoms with E-state index in [1.54, 1.807) is 6.20 Å². The van der Waals surface area contributed by atoms with Crippen molar-refractivity contribution in [3.05, 3.63) is 54.1 Å². The smallest absolute Gasteiger partial charge is 0.234 e. The Morgan fingerprint density at radius 1 is 1.26 bits per heavy atom. The van der Waals surface area contributed by atoms with Crippen molar-refractivity contribution in [1.82, 2.24) is 19.8 Å². The molecule has 0 aliphatic carbocycles. The molecule has 27 heavy (non-hydrogen) atoms. The molecule has 0 spiro atoms. The first-order valence-corrected chi connectivity index (χ1v) is 9.82. The van der Waals surface area contributed by atoms with Crippen molar-refractivity contribution in [2.24, 2.45) is 7.05 Å². The zero-order valence-corrected chi connectivity index (χ0v) is 15.8. The number of carbonyl (C=O) groups is 1. The van der Waals surface area contributed by atoms with Crippen molar-refractivity contribution in [2.45, 2.75) is 49.8 Å². The fourth-order valence-corrected chi connectivity index (χ4v) is 4.78. The van der Waals surface area contributed by atoms with E-state index >= 15 is 0 Å². The molecule has 2 N–H and O–H groups in total. The second-order valence-electron chi connectivity index (χ2n) is 7.94. The number of nitrogens with one attached hydrogen (secondary N) is 1. The molecular formula is C21H28N4O2. The van der Waals surface area contributed by atoms with Gasteiger partial charge in [0.25, 0.3) is 0 Å². The van der Waals surface area contributed by atoms with Crippen LogP contribution in [0.15, 0.2) is 42.7 Å². The molecule has 2 bridgehead atoms. The maximum atomic E-state index is 12.4. The number of fused-ring (bicyclic) bond motifs is 2. The van der Waals surface area contributed by atoms with E-state index in [0.717, 1.165) is 25.1 Å². The Bertz CT molecular complexity index is 774. The number of carbonyl (C=O) groups excluding carboxylic acids is 1. The van der Waals surface area contributed by atoms with Gasteiger partial charge < -0.3 is 15.0 Å². The van der Waals surface area contributed by atoms with Crippen LogP contribution in [0.25, 0.3) is 0 Å². The number of aliphatic hydroxyl groups is 1. The van der Waals surface area contributed by atoms with Crippen molar-refractivity contribution in [3.63, 3.8) is 0 Å². The van der Waals surface area contributed by atoms with Crippen LogP contribution in [-0.2, 0) is 23.9 Å². The monoisotopic (exact) mass is 368 g/mol. The summed E-state index contributed by atoms with van der Waals surface area (Å²) in [5, 5.41) is 14.2. The van der Waals surface area contributed by atoms with E-state index in [1.165, 1.54) is 5.56 Å². The van der Waals surface area contributed by atoms with Gasteiger partial charge in [-0.1, -0.05) is 30.3 Å². The summed E-state index contributed by atoms with van der Waals surface area (Å²) in [6, 6.07) is 10.7. The van der Waals surface area contributed by atoms with Crippen LogP contribution in [0.4, 0.5) is 0 Å². The molecule has 4 rings (SSSR count). The van der Waals surface area contributed by atoms with Crippen LogP contribution in [-0.4, -0.2) is 50.6 Å². The lowest BCUT2D eigenvalue weighted by Gasteiger charge is -2.43. The van der Waals surface area contributed by atoms with Crippen LogP contribution in [0.5, 0.6) is 0 Å². The van der Waals surface area contributed by atoms with Gasteiger partial charge in [0.05, 0.1) is 6.54 Å². The van der Waals surface area contributed by atoms with Gasteiger partial charge in [0.15, 0.2) is 0 Å². The highest BCUT2D eigenvalue weighted by atomic mass is 16.3. The van der Waals surface area contributed by atoms with Crippen LogP contribution >= 0.6 is 0 Å². The SMILES string of the molecule is Cn1ccnc1C1(O)C[C@H]2CC[C@@H](C1)N2CC(=O)NCCc1ccccc1. The second kappa shape index (κ2) is 7.44. The molecule has 2 aliphatic rings. The van der Waals surface area contributed by atoms with Gasteiger partial charge in [-0.2, -0.15) is 0 Å². The van der Waals surface area contributed by atoms with E-state index < -0.39 is 5.60 Å². The molecule has 1 unspecified atom stereocenters. The van der Waals surface area contributed by atoms with Gasteiger partial charge in [0.1, 0.15) is 11.4 Å². The van der Waals surface area contributed by atoms with Crippen molar-refractivity contribution in [3.8, 4) is 0 Å². The Kier molecular flexibility index (Phi) is 5.02. The maximum absolute atomic E-state index is 12.4. The highest BCUT2D eigenvalue weighted by Gasteiger charge is 2.50. The number of aromatic nitrogens is 2. The van der Waals surface area contributed by atoms with Crippen LogP contribution in [0.2, 0.25) is 0 Å². The highest BCUT2D eigenvalue weighted by Crippen LogP contribution is 2.44. The minimum absolute atomic E-state index is 0.0743. The van der Waals surface area contributed by atoms with Crippen LogP contribution in [0.1, 0.15) is 37.1 Å². The molecule has 0 saturated carbocycles. The zero-order chi connectivity index (χ0) is 18.9. The van der Waals surface area contributed by atoms with Crippen molar-refractivity contribution >= 4 is 5.91 Å². The summed E-state index contributed by atoms with van der Waals surface area (Å²) in [4.78, 5) is 19.1.